The number of aryl methyl sites for hydroxylation is 1. The number of rotatable bonds is 7. The van der Waals surface area contributed by atoms with Gasteiger partial charge in [0, 0.05) is 0 Å². The molecule has 0 spiro atoms. The predicted molar refractivity (Wildman–Crippen MR) is 78.2 cm³/mol. The van der Waals surface area contributed by atoms with Gasteiger partial charge in [-0.05, 0) is 61.4 Å². The summed E-state index contributed by atoms with van der Waals surface area (Å²) in [4.78, 5) is 0. The van der Waals surface area contributed by atoms with Crippen LogP contribution in [-0.2, 0) is 0 Å². The summed E-state index contributed by atoms with van der Waals surface area (Å²) in [6, 6.07) is 6.44. The molecule has 0 heterocycles. The number of nitrogens with two attached hydrogens (primary N) is 1. The highest BCUT2D eigenvalue weighted by Crippen LogP contribution is 2.30. The summed E-state index contributed by atoms with van der Waals surface area (Å²) in [7, 11) is 0. The first kappa shape index (κ1) is 15.0. The minimum Gasteiger partial charge on any atom is -0.494 e. The summed E-state index contributed by atoms with van der Waals surface area (Å²) in [5, 5.41) is 0. The van der Waals surface area contributed by atoms with Gasteiger partial charge in [-0.2, -0.15) is 0 Å². The molecule has 0 saturated heterocycles. The molecule has 0 bridgehead atoms. The molecule has 0 radical (unpaired) electrons. The van der Waals surface area contributed by atoms with Crippen molar-refractivity contribution in [3.63, 3.8) is 0 Å². The van der Waals surface area contributed by atoms with Crippen LogP contribution in [0.2, 0.25) is 0 Å². The lowest BCUT2D eigenvalue weighted by atomic mass is 9.84. The Morgan fingerprint density at radius 2 is 2.00 bits per heavy atom. The zero-order chi connectivity index (χ0) is 13.5. The molecule has 18 heavy (non-hydrogen) atoms. The van der Waals surface area contributed by atoms with Gasteiger partial charge in [0.2, 0.25) is 0 Å². The highest BCUT2D eigenvalue weighted by molar-refractivity contribution is 5.37. The van der Waals surface area contributed by atoms with Crippen LogP contribution in [0.4, 0.5) is 0 Å². The van der Waals surface area contributed by atoms with E-state index in [9.17, 15) is 0 Å². The molecule has 0 aliphatic carbocycles. The number of benzene rings is 1. The summed E-state index contributed by atoms with van der Waals surface area (Å²) in [5.41, 5.74) is 8.38. The largest absolute Gasteiger partial charge is 0.494 e. The minimum atomic E-state index is 0.550. The SMILES string of the molecule is CCCOc1ccc(C(C)C(C)CCN)c(C)c1. The molecule has 0 saturated carbocycles. The van der Waals surface area contributed by atoms with Crippen molar-refractivity contribution in [2.24, 2.45) is 11.7 Å². The molecule has 1 rings (SSSR count). The van der Waals surface area contributed by atoms with Crippen LogP contribution >= 0.6 is 0 Å². The number of ether oxygens (including phenoxy) is 1. The Balaban J connectivity index is 2.78. The van der Waals surface area contributed by atoms with Crippen molar-refractivity contribution in [3.8, 4) is 5.75 Å². The maximum Gasteiger partial charge on any atom is 0.119 e. The molecule has 1 aromatic rings. The molecular formula is C16H27NO. The molecule has 2 unspecified atom stereocenters. The van der Waals surface area contributed by atoms with Crippen molar-refractivity contribution in [1.82, 2.24) is 0 Å². The van der Waals surface area contributed by atoms with Crippen molar-refractivity contribution in [3.05, 3.63) is 29.3 Å². The maximum atomic E-state index is 5.66. The summed E-state index contributed by atoms with van der Waals surface area (Å²) in [6.07, 6.45) is 2.12. The summed E-state index contributed by atoms with van der Waals surface area (Å²) >= 11 is 0. The van der Waals surface area contributed by atoms with Gasteiger partial charge in [0.05, 0.1) is 6.61 Å². The van der Waals surface area contributed by atoms with Crippen molar-refractivity contribution in [2.75, 3.05) is 13.2 Å². The van der Waals surface area contributed by atoms with Gasteiger partial charge in [0.25, 0.3) is 0 Å². The summed E-state index contributed by atoms with van der Waals surface area (Å²) in [5.74, 6) is 2.15. The topological polar surface area (TPSA) is 35.2 Å². The van der Waals surface area contributed by atoms with Gasteiger partial charge < -0.3 is 10.5 Å². The first-order valence-corrected chi connectivity index (χ1v) is 7.03. The third-order valence-electron chi connectivity index (χ3n) is 3.68. The molecule has 2 nitrogen and oxygen atoms in total. The molecule has 0 aliphatic rings. The maximum absolute atomic E-state index is 5.66. The van der Waals surface area contributed by atoms with Gasteiger partial charge in [-0.25, -0.2) is 0 Å². The molecule has 0 amide bonds. The Morgan fingerprint density at radius 3 is 2.56 bits per heavy atom. The molecule has 1 aromatic carbocycles. The first-order chi connectivity index (χ1) is 8.60. The van der Waals surface area contributed by atoms with Crippen LogP contribution in [0, 0.1) is 12.8 Å². The first-order valence-electron chi connectivity index (χ1n) is 7.03. The van der Waals surface area contributed by atoms with E-state index in [0.29, 0.717) is 11.8 Å². The van der Waals surface area contributed by atoms with Gasteiger partial charge in [-0.1, -0.05) is 26.8 Å². The zero-order valence-corrected chi connectivity index (χ0v) is 12.2. The van der Waals surface area contributed by atoms with Crippen LogP contribution in [0.1, 0.15) is 50.7 Å². The van der Waals surface area contributed by atoms with Gasteiger partial charge in [-0.15, -0.1) is 0 Å². The predicted octanol–water partition coefficient (Wildman–Crippen LogP) is 3.87. The van der Waals surface area contributed by atoms with E-state index < -0.39 is 0 Å². The van der Waals surface area contributed by atoms with Gasteiger partial charge >= 0.3 is 0 Å². The quantitative estimate of drug-likeness (QED) is 0.796. The monoisotopic (exact) mass is 249 g/mol. The average Bonchev–Trinajstić information content (AvgIpc) is 2.36. The number of hydrogen-bond acceptors (Lipinski definition) is 2. The highest BCUT2D eigenvalue weighted by Gasteiger charge is 2.15. The standard InChI is InChI=1S/C16H27NO/c1-5-10-18-15-6-7-16(13(3)11-15)14(4)12(2)8-9-17/h6-7,11-12,14H,5,8-10,17H2,1-4H3. The van der Waals surface area contributed by atoms with Crippen molar-refractivity contribution in [1.29, 1.82) is 0 Å². The molecule has 2 atom stereocenters. The van der Waals surface area contributed by atoms with E-state index >= 15 is 0 Å². The van der Waals surface area contributed by atoms with Crippen LogP contribution in [0.25, 0.3) is 0 Å². The Labute approximate surface area is 112 Å². The van der Waals surface area contributed by atoms with Crippen LogP contribution in [-0.4, -0.2) is 13.2 Å². The van der Waals surface area contributed by atoms with Crippen molar-refractivity contribution >= 4 is 0 Å². The Kier molecular flexibility index (Phi) is 6.20. The van der Waals surface area contributed by atoms with Crippen molar-refractivity contribution < 1.29 is 4.74 Å². The third kappa shape index (κ3) is 4.02. The summed E-state index contributed by atoms with van der Waals surface area (Å²) in [6.45, 7) is 10.4. The lowest BCUT2D eigenvalue weighted by Gasteiger charge is -2.22. The van der Waals surface area contributed by atoms with Crippen LogP contribution in [0.5, 0.6) is 5.75 Å². The molecule has 102 valence electrons. The van der Waals surface area contributed by atoms with Crippen molar-refractivity contribution in [2.45, 2.75) is 46.5 Å². The fourth-order valence-electron chi connectivity index (χ4n) is 2.29. The molecule has 2 N–H and O–H groups in total. The lowest BCUT2D eigenvalue weighted by Crippen LogP contribution is -2.13. The lowest BCUT2D eigenvalue weighted by molar-refractivity contribution is 0.317. The van der Waals surface area contributed by atoms with E-state index in [1.165, 1.54) is 11.1 Å². The average molecular weight is 249 g/mol. The third-order valence-corrected chi connectivity index (χ3v) is 3.68. The second kappa shape index (κ2) is 7.42. The fraction of sp³-hybridized carbons (Fsp3) is 0.625. The van der Waals surface area contributed by atoms with Crippen LogP contribution in [0.3, 0.4) is 0 Å². The van der Waals surface area contributed by atoms with Gasteiger partial charge in [0.15, 0.2) is 0 Å². The molecular weight excluding hydrogens is 222 g/mol. The van der Waals surface area contributed by atoms with E-state index in [1.807, 2.05) is 0 Å². The highest BCUT2D eigenvalue weighted by atomic mass is 16.5. The Hall–Kier alpha value is -1.02. The molecule has 2 heteroatoms. The molecule has 0 aromatic heterocycles. The van der Waals surface area contributed by atoms with E-state index in [-0.39, 0.29) is 0 Å². The second-order valence-electron chi connectivity index (χ2n) is 5.21. The smallest absolute Gasteiger partial charge is 0.119 e. The van der Waals surface area contributed by atoms with Crippen LogP contribution < -0.4 is 10.5 Å². The molecule has 0 fully saturated rings. The van der Waals surface area contributed by atoms with Gasteiger partial charge in [0.1, 0.15) is 5.75 Å². The Morgan fingerprint density at radius 1 is 1.28 bits per heavy atom. The van der Waals surface area contributed by atoms with E-state index in [2.05, 4.69) is 45.9 Å². The van der Waals surface area contributed by atoms with Gasteiger partial charge in [-0.3, -0.25) is 0 Å². The summed E-state index contributed by atoms with van der Waals surface area (Å²) < 4.78 is 5.66. The molecule has 0 aliphatic heterocycles. The normalized spacial score (nSPS) is 14.3. The Bertz CT molecular complexity index is 362. The van der Waals surface area contributed by atoms with E-state index in [1.54, 1.807) is 0 Å². The second-order valence-corrected chi connectivity index (χ2v) is 5.21. The number of hydrogen-bond donors (Lipinski definition) is 1. The minimum absolute atomic E-state index is 0.550. The van der Waals surface area contributed by atoms with E-state index in [4.69, 9.17) is 10.5 Å². The fourth-order valence-corrected chi connectivity index (χ4v) is 2.29. The zero-order valence-electron chi connectivity index (χ0n) is 12.2. The van der Waals surface area contributed by atoms with Crippen LogP contribution in [0.15, 0.2) is 18.2 Å². The van der Waals surface area contributed by atoms with E-state index in [0.717, 1.165) is 31.7 Å².